The monoisotopic (exact) mass is 219 g/mol. The van der Waals surface area contributed by atoms with Crippen molar-refractivity contribution in [2.24, 2.45) is 0 Å². The van der Waals surface area contributed by atoms with Crippen molar-refractivity contribution in [3.05, 3.63) is 35.9 Å². The molecule has 0 radical (unpaired) electrons. The fourth-order valence-corrected chi connectivity index (χ4v) is 1.14. The summed E-state index contributed by atoms with van der Waals surface area (Å²) in [7, 11) is 0. The molecule has 0 saturated heterocycles. The molecule has 2 heterocycles. The van der Waals surface area contributed by atoms with Gasteiger partial charge < -0.3 is 9.52 Å². The zero-order chi connectivity index (χ0) is 11.5. The summed E-state index contributed by atoms with van der Waals surface area (Å²) in [5, 5.41) is 11.4. The van der Waals surface area contributed by atoms with Gasteiger partial charge in [0.25, 0.3) is 0 Å². The van der Waals surface area contributed by atoms with Crippen molar-refractivity contribution in [1.82, 2.24) is 9.97 Å². The van der Waals surface area contributed by atoms with E-state index in [9.17, 15) is 4.79 Å². The number of aryl methyl sites for hydroxylation is 1. The summed E-state index contributed by atoms with van der Waals surface area (Å²) in [5.74, 6) is -0.576. The normalized spacial score (nSPS) is 10.1. The Morgan fingerprint density at radius 1 is 1.56 bits per heavy atom. The van der Waals surface area contributed by atoms with Crippen molar-refractivity contribution in [3.8, 4) is 0 Å². The third kappa shape index (κ3) is 2.17. The van der Waals surface area contributed by atoms with Gasteiger partial charge in [0.1, 0.15) is 12.1 Å². The summed E-state index contributed by atoms with van der Waals surface area (Å²) in [6.45, 7) is 1.92. The zero-order valence-electron chi connectivity index (χ0n) is 8.47. The van der Waals surface area contributed by atoms with Crippen molar-refractivity contribution in [2.45, 2.75) is 6.92 Å². The Hall–Kier alpha value is -2.37. The smallest absolute Gasteiger partial charge is 0.357 e. The number of hydrogen-bond acceptors (Lipinski definition) is 5. The highest BCUT2D eigenvalue weighted by atomic mass is 16.4. The molecule has 2 aromatic heterocycles. The average molecular weight is 219 g/mol. The standard InChI is InChI=1S/C10H9N3O3/c1-6-2-3-11-8(4-6)13-10-12-7(5-16-10)9(14)15/h2-5H,1H3,(H,14,15)(H,11,12,13). The molecule has 6 nitrogen and oxygen atoms in total. The highest BCUT2D eigenvalue weighted by Gasteiger charge is 2.10. The number of hydrogen-bond donors (Lipinski definition) is 2. The van der Waals surface area contributed by atoms with Gasteiger partial charge in [-0.3, -0.25) is 5.32 Å². The number of oxazole rings is 1. The van der Waals surface area contributed by atoms with Gasteiger partial charge in [0.05, 0.1) is 0 Å². The summed E-state index contributed by atoms with van der Waals surface area (Å²) < 4.78 is 4.93. The Bertz CT molecular complexity index is 522. The maximum absolute atomic E-state index is 10.6. The first-order valence-corrected chi connectivity index (χ1v) is 4.53. The molecule has 0 amide bonds. The van der Waals surface area contributed by atoms with Gasteiger partial charge in [-0.15, -0.1) is 0 Å². The van der Waals surface area contributed by atoms with Crippen LogP contribution in [0.2, 0.25) is 0 Å². The minimum atomic E-state index is -1.13. The van der Waals surface area contributed by atoms with E-state index < -0.39 is 5.97 Å². The lowest BCUT2D eigenvalue weighted by molar-refractivity contribution is 0.0690. The third-order valence-electron chi connectivity index (χ3n) is 1.87. The Balaban J connectivity index is 2.17. The van der Waals surface area contributed by atoms with E-state index >= 15 is 0 Å². The molecule has 0 bridgehead atoms. The summed E-state index contributed by atoms with van der Waals surface area (Å²) in [5.41, 5.74) is 0.887. The molecule has 0 unspecified atom stereocenters. The molecule has 0 spiro atoms. The first-order chi connectivity index (χ1) is 7.65. The van der Waals surface area contributed by atoms with Crippen LogP contribution in [0.4, 0.5) is 11.8 Å². The van der Waals surface area contributed by atoms with Crippen LogP contribution in [0.1, 0.15) is 16.1 Å². The number of rotatable bonds is 3. The highest BCUT2D eigenvalue weighted by molar-refractivity contribution is 5.85. The molecule has 2 aromatic rings. The van der Waals surface area contributed by atoms with Gasteiger partial charge in [0.2, 0.25) is 0 Å². The second-order valence-corrected chi connectivity index (χ2v) is 3.19. The molecule has 0 aliphatic rings. The van der Waals surface area contributed by atoms with Gasteiger partial charge in [-0.05, 0) is 24.6 Å². The van der Waals surface area contributed by atoms with Crippen LogP contribution in [0.15, 0.2) is 29.0 Å². The summed E-state index contributed by atoms with van der Waals surface area (Å²) >= 11 is 0. The summed E-state index contributed by atoms with van der Waals surface area (Å²) in [6, 6.07) is 3.75. The summed E-state index contributed by atoms with van der Waals surface area (Å²) in [4.78, 5) is 18.3. The van der Waals surface area contributed by atoms with E-state index in [1.165, 1.54) is 0 Å². The van der Waals surface area contributed by atoms with Gasteiger partial charge in [-0.2, -0.15) is 4.98 Å². The van der Waals surface area contributed by atoms with E-state index in [1.807, 2.05) is 13.0 Å². The van der Waals surface area contributed by atoms with Crippen LogP contribution in [-0.2, 0) is 0 Å². The maximum atomic E-state index is 10.6. The molecule has 0 saturated carbocycles. The maximum Gasteiger partial charge on any atom is 0.357 e. The lowest BCUT2D eigenvalue weighted by Gasteiger charge is -2.00. The molecule has 16 heavy (non-hydrogen) atoms. The fourth-order valence-electron chi connectivity index (χ4n) is 1.14. The van der Waals surface area contributed by atoms with Gasteiger partial charge in [0, 0.05) is 6.20 Å². The molecule has 0 atom stereocenters. The van der Waals surface area contributed by atoms with Gasteiger partial charge in [0.15, 0.2) is 5.69 Å². The van der Waals surface area contributed by atoms with E-state index in [1.54, 1.807) is 12.3 Å². The van der Waals surface area contributed by atoms with Crippen LogP contribution < -0.4 is 5.32 Å². The van der Waals surface area contributed by atoms with Gasteiger partial charge in [-0.1, -0.05) is 0 Å². The predicted octanol–water partition coefficient (Wildman–Crippen LogP) is 1.82. The number of nitrogens with one attached hydrogen (secondary N) is 1. The molecular formula is C10H9N3O3. The molecule has 2 N–H and O–H groups in total. The van der Waals surface area contributed by atoms with Gasteiger partial charge in [-0.25, -0.2) is 9.78 Å². The number of aromatic carboxylic acids is 1. The van der Waals surface area contributed by atoms with Crippen molar-refractivity contribution in [1.29, 1.82) is 0 Å². The highest BCUT2D eigenvalue weighted by Crippen LogP contribution is 2.14. The second kappa shape index (κ2) is 4.01. The van der Waals surface area contributed by atoms with Crippen molar-refractivity contribution >= 4 is 17.8 Å². The van der Waals surface area contributed by atoms with Crippen LogP contribution in [0.25, 0.3) is 0 Å². The van der Waals surface area contributed by atoms with E-state index in [-0.39, 0.29) is 11.7 Å². The minimum Gasteiger partial charge on any atom is -0.476 e. The SMILES string of the molecule is Cc1ccnc(Nc2nc(C(=O)O)co2)c1. The van der Waals surface area contributed by atoms with Crippen LogP contribution in [0, 0.1) is 6.92 Å². The van der Waals surface area contributed by atoms with E-state index in [4.69, 9.17) is 9.52 Å². The van der Waals surface area contributed by atoms with Crippen LogP contribution in [0.5, 0.6) is 0 Å². The molecule has 0 aliphatic carbocycles. The number of anilines is 2. The minimum absolute atomic E-state index is 0.107. The molecule has 0 aromatic carbocycles. The molecule has 0 fully saturated rings. The lowest BCUT2D eigenvalue weighted by atomic mass is 10.3. The Labute approximate surface area is 91.0 Å². The number of aromatic nitrogens is 2. The first kappa shape index (κ1) is 10.2. The van der Waals surface area contributed by atoms with E-state index in [0.29, 0.717) is 5.82 Å². The predicted molar refractivity (Wildman–Crippen MR) is 55.7 cm³/mol. The van der Waals surface area contributed by atoms with Crippen LogP contribution in [0.3, 0.4) is 0 Å². The van der Waals surface area contributed by atoms with Crippen LogP contribution in [-0.4, -0.2) is 21.0 Å². The third-order valence-corrected chi connectivity index (χ3v) is 1.87. The molecule has 2 rings (SSSR count). The number of carboxylic acid groups (broad SMARTS) is 1. The largest absolute Gasteiger partial charge is 0.476 e. The Morgan fingerprint density at radius 3 is 3.00 bits per heavy atom. The number of nitrogens with zero attached hydrogens (tertiary/aromatic N) is 2. The Morgan fingerprint density at radius 2 is 2.38 bits per heavy atom. The van der Waals surface area contributed by atoms with Crippen molar-refractivity contribution < 1.29 is 14.3 Å². The average Bonchev–Trinajstić information content (AvgIpc) is 2.66. The summed E-state index contributed by atoms with van der Waals surface area (Å²) in [6.07, 6.45) is 2.71. The van der Waals surface area contributed by atoms with Crippen LogP contribution >= 0.6 is 0 Å². The molecule has 0 aliphatic heterocycles. The topological polar surface area (TPSA) is 88.2 Å². The quantitative estimate of drug-likeness (QED) is 0.818. The van der Waals surface area contributed by atoms with Crippen molar-refractivity contribution in [2.75, 3.05) is 5.32 Å². The molecular weight excluding hydrogens is 210 g/mol. The molecule has 6 heteroatoms. The number of pyridine rings is 1. The van der Waals surface area contributed by atoms with Crippen molar-refractivity contribution in [3.63, 3.8) is 0 Å². The lowest BCUT2D eigenvalue weighted by Crippen LogP contribution is -1.98. The van der Waals surface area contributed by atoms with E-state index in [2.05, 4.69) is 15.3 Å². The Kier molecular flexibility index (Phi) is 2.55. The van der Waals surface area contributed by atoms with Gasteiger partial charge >= 0.3 is 12.0 Å². The number of carbonyl (C=O) groups is 1. The molecule has 82 valence electrons. The fraction of sp³-hybridized carbons (Fsp3) is 0.100. The zero-order valence-corrected chi connectivity index (χ0v) is 8.47. The number of carboxylic acids is 1. The first-order valence-electron chi connectivity index (χ1n) is 4.53. The second-order valence-electron chi connectivity index (χ2n) is 3.19. The van der Waals surface area contributed by atoms with E-state index in [0.717, 1.165) is 11.8 Å².